The van der Waals surface area contributed by atoms with Gasteiger partial charge in [-0.25, -0.2) is 0 Å². The average molecular weight is 457 g/mol. The molecular formula is C19H13F6N5O2. The Hall–Kier alpha value is -3.77. The zero-order valence-corrected chi connectivity index (χ0v) is 15.9. The lowest BCUT2D eigenvalue weighted by Crippen LogP contribution is -2.16. The molecule has 0 saturated carbocycles. The molecule has 0 radical (unpaired) electrons. The minimum absolute atomic E-state index is 0.0634. The first-order chi connectivity index (χ1) is 14.9. The summed E-state index contributed by atoms with van der Waals surface area (Å²) < 4.78 is 76.0. The van der Waals surface area contributed by atoms with Crippen molar-refractivity contribution in [3.05, 3.63) is 71.1 Å². The molecule has 3 heterocycles. The molecule has 0 aromatic carbocycles. The van der Waals surface area contributed by atoms with Gasteiger partial charge in [-0.15, -0.1) is 0 Å². The highest BCUT2D eigenvalue weighted by Gasteiger charge is 2.32. The van der Waals surface area contributed by atoms with Crippen LogP contribution in [0.1, 0.15) is 44.1 Å². The van der Waals surface area contributed by atoms with Crippen LogP contribution < -0.4 is 5.32 Å². The summed E-state index contributed by atoms with van der Waals surface area (Å²) in [6.45, 7) is 0. The monoisotopic (exact) mass is 457 g/mol. The molecular weight excluding hydrogens is 444 g/mol. The molecule has 0 aliphatic rings. The van der Waals surface area contributed by atoms with Crippen molar-refractivity contribution in [2.24, 2.45) is 0 Å². The summed E-state index contributed by atoms with van der Waals surface area (Å²) in [6, 6.07) is 2.60. The van der Waals surface area contributed by atoms with E-state index in [4.69, 9.17) is 0 Å². The fraction of sp³-hybridized carbons (Fsp3) is 0.211. The topological polar surface area (TPSA) is 101 Å². The predicted octanol–water partition coefficient (Wildman–Crippen LogP) is 4.31. The molecule has 0 aliphatic heterocycles. The van der Waals surface area contributed by atoms with E-state index in [1.807, 2.05) is 0 Å². The van der Waals surface area contributed by atoms with Gasteiger partial charge >= 0.3 is 12.4 Å². The number of aromatic amines is 1. The Balaban J connectivity index is 1.66. The minimum atomic E-state index is -4.69. The van der Waals surface area contributed by atoms with Gasteiger partial charge in [0.05, 0.1) is 23.0 Å². The first-order valence-corrected chi connectivity index (χ1v) is 8.87. The van der Waals surface area contributed by atoms with E-state index in [0.717, 1.165) is 24.7 Å². The lowest BCUT2D eigenvalue weighted by atomic mass is 10.1. The van der Waals surface area contributed by atoms with Crippen LogP contribution in [0.3, 0.4) is 0 Å². The SMILES string of the molecule is O=C(Nc1cn[nH]c1C(=O)CCc1ccc(C(F)(F)F)nc1)c1cncc(C(F)(F)F)c1. The lowest BCUT2D eigenvalue weighted by molar-refractivity contribution is -0.141. The Kier molecular flexibility index (Phi) is 6.27. The van der Waals surface area contributed by atoms with Crippen molar-refractivity contribution >= 4 is 17.4 Å². The summed E-state index contributed by atoms with van der Waals surface area (Å²) in [5, 5.41) is 8.33. The number of nitrogens with zero attached hydrogens (tertiary/aromatic N) is 3. The zero-order valence-electron chi connectivity index (χ0n) is 15.9. The van der Waals surface area contributed by atoms with Crippen molar-refractivity contribution < 1.29 is 35.9 Å². The van der Waals surface area contributed by atoms with Crippen LogP contribution in [-0.2, 0) is 18.8 Å². The fourth-order valence-corrected chi connectivity index (χ4v) is 2.63. The quantitative estimate of drug-likeness (QED) is 0.425. The van der Waals surface area contributed by atoms with Crippen LogP contribution in [0.4, 0.5) is 32.0 Å². The van der Waals surface area contributed by atoms with E-state index in [0.29, 0.717) is 17.8 Å². The van der Waals surface area contributed by atoms with Gasteiger partial charge in [-0.2, -0.15) is 31.4 Å². The molecule has 0 unspecified atom stereocenters. The van der Waals surface area contributed by atoms with Gasteiger partial charge in [0.15, 0.2) is 5.78 Å². The molecule has 13 heteroatoms. The van der Waals surface area contributed by atoms with Crippen LogP contribution in [0.25, 0.3) is 0 Å². The Morgan fingerprint density at radius 1 is 0.969 bits per heavy atom. The second-order valence-electron chi connectivity index (χ2n) is 6.55. The third-order valence-electron chi connectivity index (χ3n) is 4.25. The molecule has 0 saturated heterocycles. The number of pyridine rings is 2. The van der Waals surface area contributed by atoms with Crippen molar-refractivity contribution in [2.45, 2.75) is 25.2 Å². The molecule has 0 aliphatic carbocycles. The van der Waals surface area contributed by atoms with Gasteiger partial charge in [0.2, 0.25) is 0 Å². The smallest absolute Gasteiger partial charge is 0.319 e. The Morgan fingerprint density at radius 3 is 2.34 bits per heavy atom. The van der Waals surface area contributed by atoms with E-state index in [9.17, 15) is 35.9 Å². The number of carbonyl (C=O) groups is 2. The van der Waals surface area contributed by atoms with Gasteiger partial charge in [0.1, 0.15) is 11.4 Å². The van der Waals surface area contributed by atoms with Gasteiger partial charge in [-0.05, 0) is 24.1 Å². The summed E-state index contributed by atoms with van der Waals surface area (Å²) in [5.74, 6) is -1.47. The van der Waals surface area contributed by atoms with Crippen molar-refractivity contribution in [3.8, 4) is 0 Å². The standard InChI is InChI=1S/C19H13F6N5O2/c20-18(21,22)12-5-11(7-26-8-12)17(32)29-13-9-28-30-16(13)14(31)3-1-10-2-4-15(27-6-10)19(23,24)25/h2,4-9H,1,3H2,(H,28,30)(H,29,32). The summed E-state index contributed by atoms with van der Waals surface area (Å²) in [5.41, 5.74) is -2.35. The number of carbonyl (C=O) groups excluding carboxylic acids is 2. The number of aryl methyl sites for hydroxylation is 1. The number of ketones is 1. The first-order valence-electron chi connectivity index (χ1n) is 8.87. The maximum absolute atomic E-state index is 12.8. The van der Waals surface area contributed by atoms with Crippen molar-refractivity contribution in [1.29, 1.82) is 0 Å². The highest BCUT2D eigenvalue weighted by atomic mass is 19.4. The number of anilines is 1. The number of amides is 1. The maximum Gasteiger partial charge on any atom is 0.433 e. The number of nitrogens with one attached hydrogen (secondary N) is 2. The molecule has 3 aromatic heterocycles. The van der Waals surface area contributed by atoms with E-state index in [-0.39, 0.29) is 29.8 Å². The number of H-pyrrole nitrogens is 1. The number of rotatable bonds is 6. The number of halogens is 6. The molecule has 0 bridgehead atoms. The third-order valence-corrected chi connectivity index (χ3v) is 4.25. The van der Waals surface area contributed by atoms with Gasteiger partial charge in [-0.3, -0.25) is 24.7 Å². The molecule has 7 nitrogen and oxygen atoms in total. The van der Waals surface area contributed by atoms with Gasteiger partial charge in [0, 0.05) is 25.0 Å². The molecule has 1 amide bonds. The van der Waals surface area contributed by atoms with Gasteiger partial charge < -0.3 is 5.32 Å². The number of hydrogen-bond acceptors (Lipinski definition) is 5. The van der Waals surface area contributed by atoms with Crippen LogP contribution >= 0.6 is 0 Å². The average Bonchev–Trinajstić information content (AvgIpc) is 3.19. The molecule has 0 atom stereocenters. The summed E-state index contributed by atoms with van der Waals surface area (Å²) in [6.07, 6.45) is -5.74. The van der Waals surface area contributed by atoms with E-state index in [1.54, 1.807) is 0 Å². The molecule has 3 aromatic rings. The molecule has 168 valence electrons. The summed E-state index contributed by atoms with van der Waals surface area (Å²) in [4.78, 5) is 31.4. The van der Waals surface area contributed by atoms with Crippen LogP contribution in [0.5, 0.6) is 0 Å². The van der Waals surface area contributed by atoms with Gasteiger partial charge in [-0.1, -0.05) is 6.07 Å². The van der Waals surface area contributed by atoms with E-state index < -0.39 is 35.3 Å². The third kappa shape index (κ3) is 5.47. The fourth-order valence-electron chi connectivity index (χ4n) is 2.63. The lowest BCUT2D eigenvalue weighted by Gasteiger charge is -2.09. The Bertz CT molecular complexity index is 1120. The minimum Gasteiger partial charge on any atom is -0.319 e. The normalized spacial score (nSPS) is 11.9. The van der Waals surface area contributed by atoms with E-state index in [1.165, 1.54) is 6.07 Å². The van der Waals surface area contributed by atoms with Crippen molar-refractivity contribution in [1.82, 2.24) is 20.2 Å². The molecule has 2 N–H and O–H groups in total. The van der Waals surface area contributed by atoms with Crippen molar-refractivity contribution in [2.75, 3.05) is 5.32 Å². The van der Waals surface area contributed by atoms with Crippen molar-refractivity contribution in [3.63, 3.8) is 0 Å². The number of hydrogen-bond donors (Lipinski definition) is 2. The number of alkyl halides is 6. The van der Waals surface area contributed by atoms with E-state index in [2.05, 4.69) is 25.5 Å². The number of Topliss-reactive ketones (excluding diaryl/α,β-unsaturated/α-hetero) is 1. The predicted molar refractivity (Wildman–Crippen MR) is 97.7 cm³/mol. The van der Waals surface area contributed by atoms with Crippen LogP contribution in [-0.4, -0.2) is 31.9 Å². The maximum atomic E-state index is 12.8. The Morgan fingerprint density at radius 2 is 1.72 bits per heavy atom. The van der Waals surface area contributed by atoms with Gasteiger partial charge in [0.25, 0.3) is 5.91 Å². The molecule has 0 fully saturated rings. The summed E-state index contributed by atoms with van der Waals surface area (Å²) in [7, 11) is 0. The van der Waals surface area contributed by atoms with Crippen LogP contribution in [0.15, 0.2) is 43.0 Å². The highest BCUT2D eigenvalue weighted by molar-refractivity contribution is 6.08. The second-order valence-corrected chi connectivity index (χ2v) is 6.55. The van der Waals surface area contributed by atoms with E-state index >= 15 is 0 Å². The highest BCUT2D eigenvalue weighted by Crippen LogP contribution is 2.29. The summed E-state index contributed by atoms with van der Waals surface area (Å²) >= 11 is 0. The number of aromatic nitrogens is 4. The first kappa shape index (κ1) is 22.9. The molecule has 3 rings (SSSR count). The second kappa shape index (κ2) is 8.77. The molecule has 0 spiro atoms. The van der Waals surface area contributed by atoms with Crippen LogP contribution in [0, 0.1) is 0 Å². The molecule has 32 heavy (non-hydrogen) atoms. The zero-order chi connectivity index (χ0) is 23.5. The largest absolute Gasteiger partial charge is 0.433 e. The Labute approximate surface area is 175 Å². The van der Waals surface area contributed by atoms with Crippen LogP contribution in [0.2, 0.25) is 0 Å².